The van der Waals surface area contributed by atoms with E-state index in [0.29, 0.717) is 23.9 Å². The van der Waals surface area contributed by atoms with Gasteiger partial charge in [-0.3, -0.25) is 9.59 Å². The third-order valence-electron chi connectivity index (χ3n) is 4.45. The number of benzene rings is 2. The summed E-state index contributed by atoms with van der Waals surface area (Å²) in [4.78, 5) is 26.6. The number of para-hydroxylation sites is 1. The number of fused-ring (bicyclic) bond motifs is 1. The maximum absolute atomic E-state index is 14.1. The zero-order valence-corrected chi connectivity index (χ0v) is 13.7. The van der Waals surface area contributed by atoms with Gasteiger partial charge in [-0.05, 0) is 29.8 Å². The molecule has 0 spiro atoms. The fourth-order valence-corrected chi connectivity index (χ4v) is 3.28. The monoisotopic (exact) mass is 355 g/mol. The summed E-state index contributed by atoms with van der Waals surface area (Å²) in [5, 5.41) is 3.77. The summed E-state index contributed by atoms with van der Waals surface area (Å²) in [6.07, 6.45) is 0.346. The lowest BCUT2D eigenvalue weighted by molar-refractivity contribution is -0.118. The summed E-state index contributed by atoms with van der Waals surface area (Å²) in [6.45, 7) is 0.706. The Morgan fingerprint density at radius 1 is 1.04 bits per heavy atom. The highest BCUT2D eigenvalue weighted by Crippen LogP contribution is 2.27. The van der Waals surface area contributed by atoms with Gasteiger partial charge in [-0.1, -0.05) is 18.2 Å². The van der Waals surface area contributed by atoms with E-state index in [2.05, 4.69) is 4.98 Å². The van der Waals surface area contributed by atoms with E-state index in [4.69, 9.17) is 0 Å². The number of hydrazine groups is 1. The van der Waals surface area contributed by atoms with E-state index in [1.54, 1.807) is 10.0 Å². The number of halogens is 2. The second-order valence-corrected chi connectivity index (χ2v) is 6.12. The van der Waals surface area contributed by atoms with Crippen molar-refractivity contribution in [2.45, 2.75) is 13.0 Å². The van der Waals surface area contributed by atoms with Crippen LogP contribution in [0.1, 0.15) is 12.0 Å². The third kappa shape index (κ3) is 2.76. The zero-order chi connectivity index (χ0) is 18.3. The van der Waals surface area contributed by atoms with Crippen molar-refractivity contribution in [3.8, 4) is 0 Å². The number of H-pyrrole nitrogens is 1. The van der Waals surface area contributed by atoms with Crippen LogP contribution in [0.5, 0.6) is 0 Å². The summed E-state index contributed by atoms with van der Waals surface area (Å²) in [5.41, 5.74) is 0.567. The van der Waals surface area contributed by atoms with Crippen molar-refractivity contribution in [1.82, 2.24) is 9.99 Å². The van der Waals surface area contributed by atoms with Crippen molar-refractivity contribution in [1.29, 1.82) is 0 Å². The van der Waals surface area contributed by atoms with Gasteiger partial charge in [0.25, 0.3) is 0 Å². The molecule has 0 radical (unpaired) electrons. The number of anilines is 1. The quantitative estimate of drug-likeness (QED) is 0.786. The van der Waals surface area contributed by atoms with Crippen molar-refractivity contribution >= 4 is 22.5 Å². The molecule has 1 N–H and O–H groups in total. The first-order valence-corrected chi connectivity index (χ1v) is 8.17. The first-order valence-electron chi connectivity index (χ1n) is 8.17. The maximum atomic E-state index is 14.1. The van der Waals surface area contributed by atoms with Gasteiger partial charge in [0.1, 0.15) is 0 Å². The second-order valence-electron chi connectivity index (χ2n) is 6.12. The molecule has 2 heterocycles. The van der Waals surface area contributed by atoms with Gasteiger partial charge in [0.05, 0.1) is 11.2 Å². The summed E-state index contributed by atoms with van der Waals surface area (Å²) in [7, 11) is 0. The molecule has 4 rings (SSSR count). The van der Waals surface area contributed by atoms with Crippen LogP contribution in [0.25, 0.3) is 10.9 Å². The molecule has 1 aliphatic heterocycles. The number of hydrogen-bond donors (Lipinski definition) is 1. The Morgan fingerprint density at radius 3 is 2.58 bits per heavy atom. The topological polar surface area (TPSA) is 56.4 Å². The number of nitrogens with zero attached hydrogens (tertiary/aromatic N) is 2. The molecular weight excluding hydrogens is 340 g/mol. The van der Waals surface area contributed by atoms with Gasteiger partial charge in [0.15, 0.2) is 11.6 Å². The van der Waals surface area contributed by atoms with Gasteiger partial charge in [0.2, 0.25) is 11.5 Å². The van der Waals surface area contributed by atoms with Crippen LogP contribution in [-0.2, 0) is 11.3 Å². The van der Waals surface area contributed by atoms with Gasteiger partial charge in [-0.2, -0.15) is 0 Å². The van der Waals surface area contributed by atoms with Crippen molar-refractivity contribution < 1.29 is 13.6 Å². The van der Waals surface area contributed by atoms with Crippen molar-refractivity contribution in [3.63, 3.8) is 0 Å². The number of pyridine rings is 1. The molecule has 0 bridgehead atoms. The maximum Gasteiger partial charge on any atom is 0.248 e. The number of carbonyl (C=O) groups excluding carboxylic acids is 1. The molecule has 1 fully saturated rings. The molecule has 26 heavy (non-hydrogen) atoms. The summed E-state index contributed by atoms with van der Waals surface area (Å²) in [5.74, 6) is -2.16. The van der Waals surface area contributed by atoms with Crippen molar-refractivity contribution in [2.24, 2.45) is 0 Å². The Balaban J connectivity index is 1.76. The summed E-state index contributed by atoms with van der Waals surface area (Å²) < 4.78 is 27.5. The fraction of sp³-hybridized carbons (Fsp3) is 0.158. The number of aromatic nitrogens is 1. The second kappa shape index (κ2) is 6.34. The fourth-order valence-electron chi connectivity index (χ4n) is 3.28. The first kappa shape index (κ1) is 16.4. The molecular formula is C19H15F2N3O2. The van der Waals surface area contributed by atoms with Gasteiger partial charge >= 0.3 is 0 Å². The minimum Gasteiger partial charge on any atom is -0.319 e. The lowest BCUT2D eigenvalue weighted by atomic mass is 10.1. The lowest BCUT2D eigenvalue weighted by Crippen LogP contribution is -2.38. The SMILES string of the molecule is O=C1CCN(Cc2cc(=O)[nH]c3c(F)c(F)ccc23)N1c1ccccc1. The number of nitrogens with one attached hydrogen (secondary N) is 1. The largest absolute Gasteiger partial charge is 0.319 e. The van der Waals surface area contributed by atoms with Crippen LogP contribution in [0, 0.1) is 11.6 Å². The lowest BCUT2D eigenvalue weighted by Gasteiger charge is -2.28. The number of rotatable bonds is 3. The van der Waals surface area contributed by atoms with E-state index in [0.717, 1.165) is 11.8 Å². The molecule has 0 atom stereocenters. The first-order chi connectivity index (χ1) is 12.5. The highest BCUT2D eigenvalue weighted by Gasteiger charge is 2.30. The molecule has 1 aromatic heterocycles. The number of aromatic amines is 1. The van der Waals surface area contributed by atoms with E-state index in [1.807, 2.05) is 30.3 Å². The molecule has 2 aromatic carbocycles. The smallest absolute Gasteiger partial charge is 0.248 e. The number of hydrogen-bond acceptors (Lipinski definition) is 3. The molecule has 0 saturated carbocycles. The molecule has 3 aromatic rings. The number of amides is 1. The standard InChI is InChI=1S/C19H15F2N3O2/c20-15-7-6-14-12(10-16(25)22-19(14)18(15)21)11-23-9-8-17(26)24(23)13-4-2-1-3-5-13/h1-7,10H,8-9,11H2,(H,22,25). The number of carbonyl (C=O) groups is 1. The van der Waals surface area contributed by atoms with Crippen molar-refractivity contribution in [3.05, 3.63) is 76.1 Å². The highest BCUT2D eigenvalue weighted by atomic mass is 19.2. The molecule has 0 aliphatic carbocycles. The predicted octanol–water partition coefficient (Wildman–Crippen LogP) is 2.96. The highest BCUT2D eigenvalue weighted by molar-refractivity contribution is 5.94. The molecule has 132 valence electrons. The van der Waals surface area contributed by atoms with E-state index in [1.165, 1.54) is 12.1 Å². The normalized spacial score (nSPS) is 15.2. The van der Waals surface area contributed by atoms with Crippen LogP contribution in [0.4, 0.5) is 14.5 Å². The minimum atomic E-state index is -1.08. The Bertz CT molecular complexity index is 1050. The van der Waals surface area contributed by atoms with Crippen LogP contribution in [0.3, 0.4) is 0 Å². The minimum absolute atomic E-state index is 0.0532. The van der Waals surface area contributed by atoms with E-state index in [9.17, 15) is 18.4 Å². The molecule has 1 aliphatic rings. The third-order valence-corrected chi connectivity index (χ3v) is 4.45. The van der Waals surface area contributed by atoms with Gasteiger partial charge in [-0.15, -0.1) is 0 Å². The van der Waals surface area contributed by atoms with Crippen molar-refractivity contribution in [2.75, 3.05) is 11.6 Å². The zero-order valence-electron chi connectivity index (χ0n) is 13.7. The van der Waals surface area contributed by atoms with Crippen LogP contribution < -0.4 is 10.6 Å². The van der Waals surface area contributed by atoms with Crippen LogP contribution in [-0.4, -0.2) is 22.4 Å². The molecule has 7 heteroatoms. The Morgan fingerprint density at radius 2 is 1.81 bits per heavy atom. The predicted molar refractivity (Wildman–Crippen MR) is 93.4 cm³/mol. The summed E-state index contributed by atoms with van der Waals surface area (Å²) in [6, 6.07) is 13.0. The Labute approximate surface area is 147 Å². The van der Waals surface area contributed by atoms with Crippen LogP contribution >= 0.6 is 0 Å². The van der Waals surface area contributed by atoms with Gasteiger partial charge in [0, 0.05) is 31.0 Å². The average molecular weight is 355 g/mol. The summed E-state index contributed by atoms with van der Waals surface area (Å²) >= 11 is 0. The van der Waals surface area contributed by atoms with Crippen LogP contribution in [0.15, 0.2) is 53.3 Å². The van der Waals surface area contributed by atoms with Crippen LogP contribution in [0.2, 0.25) is 0 Å². The molecule has 1 saturated heterocycles. The molecule has 0 unspecified atom stereocenters. The molecule has 1 amide bonds. The average Bonchev–Trinajstić information content (AvgIpc) is 2.99. The Kier molecular flexibility index (Phi) is 4.00. The Hall–Kier alpha value is -3.06. The van der Waals surface area contributed by atoms with Gasteiger partial charge in [-0.25, -0.2) is 18.8 Å². The van der Waals surface area contributed by atoms with E-state index in [-0.39, 0.29) is 18.0 Å². The molecule has 5 nitrogen and oxygen atoms in total. The van der Waals surface area contributed by atoms with E-state index >= 15 is 0 Å². The van der Waals surface area contributed by atoms with E-state index < -0.39 is 17.2 Å². The van der Waals surface area contributed by atoms with Gasteiger partial charge < -0.3 is 4.98 Å².